The van der Waals surface area contributed by atoms with Gasteiger partial charge in [0.25, 0.3) is 0 Å². The van der Waals surface area contributed by atoms with Gasteiger partial charge in [-0.05, 0) is 42.6 Å². The van der Waals surface area contributed by atoms with E-state index in [0.29, 0.717) is 16.8 Å². The Hall–Kier alpha value is 0.170. The molecule has 2 rings (SSSR count). The molecule has 1 heterocycles. The minimum absolute atomic E-state index is 0.430. The quantitative estimate of drug-likeness (QED) is 0.531. The van der Waals surface area contributed by atoms with Crippen LogP contribution in [0.15, 0.2) is 10.7 Å². The molecule has 2 unspecified atom stereocenters. The summed E-state index contributed by atoms with van der Waals surface area (Å²) in [5.74, 6) is 0.594. The van der Waals surface area contributed by atoms with Crippen molar-refractivity contribution in [3.63, 3.8) is 0 Å². The van der Waals surface area contributed by atoms with Crippen LogP contribution >= 0.6 is 31.9 Å². The largest absolute Gasteiger partial charge is 0.266 e. The first-order valence-electron chi connectivity index (χ1n) is 6.48. The second-order valence-corrected chi connectivity index (χ2v) is 7.21. The van der Waals surface area contributed by atoms with Crippen LogP contribution in [0.4, 0.5) is 0 Å². The van der Waals surface area contributed by atoms with Gasteiger partial charge in [-0.25, -0.2) is 0 Å². The number of alkyl halides is 1. The van der Waals surface area contributed by atoms with E-state index in [2.05, 4.69) is 55.5 Å². The number of hydrogen-bond donors (Lipinski definition) is 0. The van der Waals surface area contributed by atoms with E-state index >= 15 is 0 Å². The van der Waals surface area contributed by atoms with E-state index in [1.807, 2.05) is 6.20 Å². The van der Waals surface area contributed by atoms with Gasteiger partial charge in [0.1, 0.15) is 0 Å². The molecule has 1 aliphatic rings. The summed E-state index contributed by atoms with van der Waals surface area (Å²) in [7, 11) is 0. The monoisotopic (exact) mass is 362 g/mol. The zero-order valence-electron chi connectivity index (χ0n) is 10.5. The predicted molar refractivity (Wildman–Crippen MR) is 78.9 cm³/mol. The van der Waals surface area contributed by atoms with Gasteiger partial charge in [0.05, 0.1) is 16.4 Å². The molecule has 17 heavy (non-hydrogen) atoms. The Labute approximate surface area is 120 Å². The first-order chi connectivity index (χ1) is 8.11. The maximum Gasteiger partial charge on any atom is 0.0635 e. The van der Waals surface area contributed by atoms with E-state index in [9.17, 15) is 0 Å². The predicted octanol–water partition coefficient (Wildman–Crippen LogP) is 5.04. The second-order valence-electron chi connectivity index (χ2n) is 5.18. The lowest BCUT2D eigenvalue weighted by Crippen LogP contribution is -2.18. The summed E-state index contributed by atoms with van der Waals surface area (Å²) < 4.78 is 3.34. The van der Waals surface area contributed by atoms with E-state index in [0.717, 1.165) is 0 Å². The van der Waals surface area contributed by atoms with Crippen molar-refractivity contribution in [3.05, 3.63) is 16.4 Å². The summed E-state index contributed by atoms with van der Waals surface area (Å²) in [6.45, 7) is 4.39. The highest BCUT2D eigenvalue weighted by Crippen LogP contribution is 2.39. The van der Waals surface area contributed by atoms with Gasteiger partial charge in [0.2, 0.25) is 0 Å². The van der Waals surface area contributed by atoms with E-state index in [-0.39, 0.29) is 0 Å². The zero-order valence-corrected chi connectivity index (χ0v) is 13.7. The SMILES string of the molecule is CC(C)n1ncc(Br)c1C1CCCCCC1Br. The molecule has 1 fully saturated rings. The third-order valence-corrected chi connectivity index (χ3v) is 5.27. The normalized spacial score (nSPS) is 26.2. The molecule has 0 saturated heterocycles. The van der Waals surface area contributed by atoms with Crippen LogP contribution in [0.2, 0.25) is 0 Å². The molecule has 0 radical (unpaired) electrons. The van der Waals surface area contributed by atoms with Gasteiger partial charge in [-0.2, -0.15) is 5.10 Å². The van der Waals surface area contributed by atoms with Gasteiger partial charge in [-0.15, -0.1) is 0 Å². The van der Waals surface area contributed by atoms with Crippen molar-refractivity contribution in [2.75, 3.05) is 0 Å². The first kappa shape index (κ1) is 13.6. The molecule has 96 valence electrons. The first-order valence-corrected chi connectivity index (χ1v) is 8.19. The summed E-state index contributed by atoms with van der Waals surface area (Å²) in [6.07, 6.45) is 8.54. The highest BCUT2D eigenvalue weighted by Gasteiger charge is 2.28. The van der Waals surface area contributed by atoms with Gasteiger partial charge in [-0.3, -0.25) is 4.68 Å². The van der Waals surface area contributed by atoms with Crippen molar-refractivity contribution < 1.29 is 0 Å². The Morgan fingerprint density at radius 1 is 1.29 bits per heavy atom. The van der Waals surface area contributed by atoms with Crippen molar-refractivity contribution in [1.82, 2.24) is 9.78 Å². The van der Waals surface area contributed by atoms with Crippen LogP contribution < -0.4 is 0 Å². The lowest BCUT2D eigenvalue weighted by molar-refractivity contribution is 0.468. The number of nitrogens with zero attached hydrogens (tertiary/aromatic N) is 2. The van der Waals surface area contributed by atoms with E-state index in [1.165, 1.54) is 42.3 Å². The van der Waals surface area contributed by atoms with Crippen molar-refractivity contribution in [2.24, 2.45) is 0 Å². The maximum atomic E-state index is 4.50. The van der Waals surface area contributed by atoms with Crippen LogP contribution in [0.1, 0.15) is 63.6 Å². The van der Waals surface area contributed by atoms with E-state index in [4.69, 9.17) is 0 Å². The van der Waals surface area contributed by atoms with Gasteiger partial charge in [0, 0.05) is 16.8 Å². The average Bonchev–Trinajstić information content (AvgIpc) is 2.52. The highest BCUT2D eigenvalue weighted by atomic mass is 79.9. The number of rotatable bonds is 2. The molecule has 0 aromatic carbocycles. The Balaban J connectivity index is 2.33. The lowest BCUT2D eigenvalue weighted by atomic mass is 9.96. The van der Waals surface area contributed by atoms with Crippen LogP contribution in [0.25, 0.3) is 0 Å². The molecule has 0 spiro atoms. The number of halogens is 2. The molecule has 2 atom stereocenters. The maximum absolute atomic E-state index is 4.50. The lowest BCUT2D eigenvalue weighted by Gasteiger charge is -2.23. The molecular formula is C13H20Br2N2. The molecular weight excluding hydrogens is 344 g/mol. The topological polar surface area (TPSA) is 17.8 Å². The number of hydrogen-bond acceptors (Lipinski definition) is 1. The summed E-state index contributed by atoms with van der Waals surface area (Å²) in [6, 6.07) is 0.430. The fraction of sp³-hybridized carbons (Fsp3) is 0.769. The standard InChI is InChI=1S/C13H20Br2N2/c1-9(2)17-13(12(15)8-16-17)10-6-4-3-5-7-11(10)14/h8-11H,3-7H2,1-2H3. The Morgan fingerprint density at radius 2 is 2.00 bits per heavy atom. The van der Waals surface area contributed by atoms with Crippen LogP contribution in [0.3, 0.4) is 0 Å². The molecule has 1 saturated carbocycles. The smallest absolute Gasteiger partial charge is 0.0635 e. The molecule has 4 heteroatoms. The molecule has 0 amide bonds. The molecule has 2 nitrogen and oxygen atoms in total. The second kappa shape index (κ2) is 5.87. The summed E-state index contributed by atoms with van der Waals surface area (Å²) in [5, 5.41) is 4.50. The highest BCUT2D eigenvalue weighted by molar-refractivity contribution is 9.10. The molecule has 1 aliphatic carbocycles. The fourth-order valence-electron chi connectivity index (χ4n) is 2.68. The van der Waals surface area contributed by atoms with E-state index < -0.39 is 0 Å². The Bertz CT molecular complexity index is 373. The van der Waals surface area contributed by atoms with Gasteiger partial charge in [-0.1, -0.05) is 35.2 Å². The molecule has 0 N–H and O–H groups in total. The van der Waals surface area contributed by atoms with Crippen LogP contribution in [0.5, 0.6) is 0 Å². The van der Waals surface area contributed by atoms with Crippen molar-refractivity contribution >= 4 is 31.9 Å². The molecule has 1 aromatic rings. The zero-order chi connectivity index (χ0) is 12.4. The van der Waals surface area contributed by atoms with Gasteiger partial charge >= 0.3 is 0 Å². The molecule has 0 aliphatic heterocycles. The summed E-state index contributed by atoms with van der Waals surface area (Å²) in [4.78, 5) is 0.593. The number of aromatic nitrogens is 2. The van der Waals surface area contributed by atoms with Crippen molar-refractivity contribution in [2.45, 2.75) is 62.7 Å². The molecule has 0 bridgehead atoms. The third-order valence-electron chi connectivity index (χ3n) is 3.56. The third kappa shape index (κ3) is 2.95. The van der Waals surface area contributed by atoms with E-state index in [1.54, 1.807) is 0 Å². The minimum Gasteiger partial charge on any atom is -0.266 e. The summed E-state index contributed by atoms with van der Waals surface area (Å²) >= 11 is 7.55. The summed E-state index contributed by atoms with van der Waals surface area (Å²) in [5.41, 5.74) is 1.38. The van der Waals surface area contributed by atoms with Crippen LogP contribution in [-0.4, -0.2) is 14.6 Å². The Morgan fingerprint density at radius 3 is 2.71 bits per heavy atom. The van der Waals surface area contributed by atoms with Gasteiger partial charge in [0.15, 0.2) is 0 Å². The van der Waals surface area contributed by atoms with Crippen molar-refractivity contribution in [3.8, 4) is 0 Å². The van der Waals surface area contributed by atoms with Crippen LogP contribution in [0, 0.1) is 0 Å². The van der Waals surface area contributed by atoms with Gasteiger partial charge < -0.3 is 0 Å². The van der Waals surface area contributed by atoms with Crippen molar-refractivity contribution in [1.29, 1.82) is 0 Å². The van der Waals surface area contributed by atoms with Crippen LogP contribution in [-0.2, 0) is 0 Å². The average molecular weight is 364 g/mol. The fourth-order valence-corrected chi connectivity index (χ4v) is 4.09. The Kier molecular flexibility index (Phi) is 4.70. The minimum atomic E-state index is 0.430. The molecule has 1 aromatic heterocycles.